The van der Waals surface area contributed by atoms with Crippen LogP contribution in [0.15, 0.2) is 18.2 Å². The topological polar surface area (TPSA) is 58.2 Å². The van der Waals surface area contributed by atoms with E-state index in [1.54, 1.807) is 12.1 Å². The summed E-state index contributed by atoms with van der Waals surface area (Å²) in [6, 6.07) is 5.39. The second-order valence-electron chi connectivity index (χ2n) is 3.82. The Morgan fingerprint density at radius 1 is 1.53 bits per heavy atom. The van der Waals surface area contributed by atoms with Gasteiger partial charge in [0.2, 0.25) is 11.8 Å². The lowest BCUT2D eigenvalue weighted by molar-refractivity contribution is -0.123. The summed E-state index contributed by atoms with van der Waals surface area (Å²) in [4.78, 5) is 22.8. The van der Waals surface area contributed by atoms with E-state index in [0.717, 1.165) is 3.57 Å². The zero-order valence-corrected chi connectivity index (χ0v) is 11.7. The molecule has 0 aromatic heterocycles. The van der Waals surface area contributed by atoms with Gasteiger partial charge >= 0.3 is 0 Å². The van der Waals surface area contributed by atoms with Crippen LogP contribution in [-0.4, -0.2) is 18.4 Å². The third-order valence-electron chi connectivity index (χ3n) is 2.54. The van der Waals surface area contributed by atoms with Crippen LogP contribution in [0.3, 0.4) is 0 Å². The van der Waals surface area contributed by atoms with Crippen LogP contribution in [0.4, 0.5) is 5.69 Å². The summed E-state index contributed by atoms with van der Waals surface area (Å²) >= 11 is 8.15. The van der Waals surface area contributed by atoms with E-state index in [1.165, 1.54) is 0 Å². The summed E-state index contributed by atoms with van der Waals surface area (Å²) in [5.74, 6) is -0.567. The molecule has 0 spiro atoms. The number of carbonyl (C=O) groups is 2. The van der Waals surface area contributed by atoms with Gasteiger partial charge < -0.3 is 10.6 Å². The van der Waals surface area contributed by atoms with Gasteiger partial charge in [0.25, 0.3) is 0 Å². The van der Waals surface area contributed by atoms with Gasteiger partial charge in [0, 0.05) is 16.5 Å². The van der Waals surface area contributed by atoms with Gasteiger partial charge in [-0.05, 0) is 40.8 Å². The molecule has 1 aromatic carbocycles. The van der Waals surface area contributed by atoms with Crippen molar-refractivity contribution >= 4 is 51.7 Å². The van der Waals surface area contributed by atoms with Gasteiger partial charge in [0.15, 0.2) is 0 Å². The molecule has 0 radical (unpaired) electrons. The molecule has 1 unspecified atom stereocenters. The third-order valence-corrected chi connectivity index (χ3v) is 3.52. The fraction of sp³-hybridized carbons (Fsp3) is 0.273. The van der Waals surface area contributed by atoms with Crippen LogP contribution in [0.25, 0.3) is 0 Å². The lowest BCUT2D eigenvalue weighted by atomic mass is 10.1. The molecule has 90 valence electrons. The van der Waals surface area contributed by atoms with Gasteiger partial charge in [0.1, 0.15) is 0 Å². The predicted molar refractivity (Wildman–Crippen MR) is 73.9 cm³/mol. The SMILES string of the molecule is O=C1CC(C(=O)Nc2ccc(I)cc2Cl)CN1. The summed E-state index contributed by atoms with van der Waals surface area (Å²) in [7, 11) is 0. The van der Waals surface area contributed by atoms with Crippen molar-refractivity contribution in [2.45, 2.75) is 6.42 Å². The molecule has 2 N–H and O–H groups in total. The smallest absolute Gasteiger partial charge is 0.229 e. The maximum absolute atomic E-state index is 11.8. The number of hydrogen-bond donors (Lipinski definition) is 2. The average molecular weight is 365 g/mol. The fourth-order valence-electron chi connectivity index (χ4n) is 1.62. The van der Waals surface area contributed by atoms with Gasteiger partial charge in [-0.15, -0.1) is 0 Å². The third kappa shape index (κ3) is 3.10. The van der Waals surface area contributed by atoms with Gasteiger partial charge in [0.05, 0.1) is 16.6 Å². The maximum atomic E-state index is 11.8. The van der Waals surface area contributed by atoms with E-state index in [9.17, 15) is 9.59 Å². The highest BCUT2D eigenvalue weighted by Crippen LogP contribution is 2.24. The summed E-state index contributed by atoms with van der Waals surface area (Å²) in [5, 5.41) is 5.86. The predicted octanol–water partition coefficient (Wildman–Crippen LogP) is 2.02. The second-order valence-corrected chi connectivity index (χ2v) is 5.47. The normalized spacial score (nSPS) is 18.9. The number of amides is 2. The van der Waals surface area contributed by atoms with Crippen molar-refractivity contribution in [1.82, 2.24) is 5.32 Å². The molecule has 2 rings (SSSR count). The van der Waals surface area contributed by atoms with E-state index in [1.807, 2.05) is 6.07 Å². The van der Waals surface area contributed by atoms with E-state index in [0.29, 0.717) is 17.3 Å². The van der Waals surface area contributed by atoms with Crippen molar-refractivity contribution in [3.05, 3.63) is 26.8 Å². The van der Waals surface area contributed by atoms with Gasteiger partial charge in [-0.2, -0.15) is 0 Å². The molecule has 1 fully saturated rings. The number of benzene rings is 1. The van der Waals surface area contributed by atoms with E-state index < -0.39 is 0 Å². The Morgan fingerprint density at radius 2 is 2.29 bits per heavy atom. The summed E-state index contributed by atoms with van der Waals surface area (Å²) in [5.41, 5.74) is 0.580. The first-order chi connectivity index (χ1) is 8.06. The molecule has 1 aliphatic rings. The number of carbonyl (C=O) groups excluding carboxylic acids is 2. The van der Waals surface area contributed by atoms with E-state index in [2.05, 4.69) is 33.2 Å². The molecule has 0 aliphatic carbocycles. The molecular weight excluding hydrogens is 354 g/mol. The van der Waals surface area contributed by atoms with E-state index in [-0.39, 0.29) is 24.2 Å². The van der Waals surface area contributed by atoms with Crippen molar-refractivity contribution in [2.75, 3.05) is 11.9 Å². The van der Waals surface area contributed by atoms with E-state index >= 15 is 0 Å². The summed E-state index contributed by atoms with van der Waals surface area (Å²) in [6.07, 6.45) is 0.244. The van der Waals surface area contributed by atoms with Crippen LogP contribution in [0.1, 0.15) is 6.42 Å². The fourth-order valence-corrected chi connectivity index (χ4v) is 2.52. The molecule has 0 bridgehead atoms. The van der Waals surface area contributed by atoms with Crippen LogP contribution in [0.5, 0.6) is 0 Å². The zero-order valence-electron chi connectivity index (χ0n) is 8.80. The Balaban J connectivity index is 2.05. The first kappa shape index (κ1) is 12.6. The minimum absolute atomic E-state index is 0.0844. The van der Waals surface area contributed by atoms with E-state index in [4.69, 9.17) is 11.6 Å². The highest BCUT2D eigenvalue weighted by molar-refractivity contribution is 14.1. The van der Waals surface area contributed by atoms with Crippen molar-refractivity contribution < 1.29 is 9.59 Å². The largest absolute Gasteiger partial charge is 0.355 e. The molecule has 17 heavy (non-hydrogen) atoms. The van der Waals surface area contributed by atoms with Crippen LogP contribution >= 0.6 is 34.2 Å². The molecule has 1 atom stereocenters. The van der Waals surface area contributed by atoms with Crippen LogP contribution in [0, 0.1) is 9.49 Å². The highest BCUT2D eigenvalue weighted by atomic mass is 127. The monoisotopic (exact) mass is 364 g/mol. The Labute approximate surface area is 117 Å². The number of anilines is 1. The summed E-state index contributed by atoms with van der Waals surface area (Å²) < 4.78 is 1.00. The number of nitrogens with one attached hydrogen (secondary N) is 2. The molecule has 1 aliphatic heterocycles. The van der Waals surface area contributed by atoms with Gasteiger partial charge in [-0.25, -0.2) is 0 Å². The molecule has 1 saturated heterocycles. The van der Waals surface area contributed by atoms with Crippen molar-refractivity contribution in [1.29, 1.82) is 0 Å². The molecule has 4 nitrogen and oxygen atoms in total. The molecule has 1 heterocycles. The highest BCUT2D eigenvalue weighted by Gasteiger charge is 2.28. The van der Waals surface area contributed by atoms with Gasteiger partial charge in [-0.3, -0.25) is 9.59 Å². The van der Waals surface area contributed by atoms with Gasteiger partial charge in [-0.1, -0.05) is 11.6 Å². The standard InChI is InChI=1S/C11H10ClIN2O2/c12-8-4-7(13)1-2-9(8)15-11(17)6-3-10(16)14-5-6/h1-2,4,6H,3,5H2,(H,14,16)(H,15,17). The lowest BCUT2D eigenvalue weighted by Crippen LogP contribution is -2.24. The molecule has 2 amide bonds. The number of rotatable bonds is 2. The Morgan fingerprint density at radius 3 is 2.88 bits per heavy atom. The van der Waals surface area contributed by atoms with Crippen LogP contribution < -0.4 is 10.6 Å². The average Bonchev–Trinajstić information content (AvgIpc) is 2.69. The maximum Gasteiger partial charge on any atom is 0.229 e. The quantitative estimate of drug-likeness (QED) is 0.789. The minimum Gasteiger partial charge on any atom is -0.355 e. The Kier molecular flexibility index (Phi) is 3.88. The number of halogens is 2. The molecular formula is C11H10ClIN2O2. The van der Waals surface area contributed by atoms with Crippen molar-refractivity contribution in [3.8, 4) is 0 Å². The Hall–Kier alpha value is -0.820. The second kappa shape index (κ2) is 5.22. The molecule has 0 saturated carbocycles. The number of hydrogen-bond acceptors (Lipinski definition) is 2. The van der Waals surface area contributed by atoms with Crippen LogP contribution in [-0.2, 0) is 9.59 Å². The lowest BCUT2D eigenvalue weighted by Gasteiger charge is -2.10. The molecule has 1 aromatic rings. The van der Waals surface area contributed by atoms with Crippen molar-refractivity contribution in [2.24, 2.45) is 5.92 Å². The first-order valence-electron chi connectivity index (χ1n) is 5.09. The summed E-state index contributed by atoms with van der Waals surface area (Å²) in [6.45, 7) is 0.395. The Bertz CT molecular complexity index is 479. The molecule has 6 heteroatoms. The first-order valence-corrected chi connectivity index (χ1v) is 6.54. The minimum atomic E-state index is -0.308. The zero-order chi connectivity index (χ0) is 12.4. The van der Waals surface area contributed by atoms with Crippen LogP contribution in [0.2, 0.25) is 5.02 Å². The van der Waals surface area contributed by atoms with Crippen molar-refractivity contribution in [3.63, 3.8) is 0 Å².